The quantitative estimate of drug-likeness (QED) is 0.0439. The largest absolute Gasteiger partial charge is 0.508 e. The second kappa shape index (κ2) is 25.2. The predicted molar refractivity (Wildman–Crippen MR) is 238 cm³/mol. The highest BCUT2D eigenvalue weighted by molar-refractivity contribution is 6.03. The number of fused-ring (bicyclic) bond motifs is 2. The van der Waals surface area contributed by atoms with Crippen LogP contribution in [0.1, 0.15) is 146 Å². The van der Waals surface area contributed by atoms with Crippen LogP contribution in [0.5, 0.6) is 11.5 Å². The molecule has 10 nitrogen and oxygen atoms in total. The number of nitrogens with zero attached hydrogens (tertiary/aromatic N) is 2. The minimum atomic E-state index is -1.36. The third kappa shape index (κ3) is 12.4. The van der Waals surface area contributed by atoms with Gasteiger partial charge in [-0.15, -0.1) is 6.58 Å². The van der Waals surface area contributed by atoms with Crippen molar-refractivity contribution in [2.24, 2.45) is 22.9 Å². The van der Waals surface area contributed by atoms with E-state index in [1.165, 1.54) is 44.9 Å². The van der Waals surface area contributed by atoms with E-state index < -0.39 is 23.8 Å². The van der Waals surface area contributed by atoms with Crippen molar-refractivity contribution in [3.05, 3.63) is 84.0 Å². The Labute approximate surface area is 360 Å². The van der Waals surface area contributed by atoms with Gasteiger partial charge in [-0.1, -0.05) is 132 Å². The molecule has 0 bridgehead atoms. The van der Waals surface area contributed by atoms with Crippen molar-refractivity contribution in [1.82, 2.24) is 4.90 Å². The summed E-state index contributed by atoms with van der Waals surface area (Å²) in [5.74, 6) is -1.05. The number of unbranched alkanes of at least 4 members (excludes halogenated alkanes) is 11. The van der Waals surface area contributed by atoms with Gasteiger partial charge in [0.1, 0.15) is 24.1 Å². The van der Waals surface area contributed by atoms with Gasteiger partial charge in [0.05, 0.1) is 24.8 Å². The molecular weight excluding hydrogens is 757 g/mol. The van der Waals surface area contributed by atoms with E-state index in [0.29, 0.717) is 44.6 Å². The normalized spacial score (nSPS) is 23.6. The fraction of sp³-hybridized carbons (Fsp3) is 0.640. The Bertz CT molecular complexity index is 1650. The number of hydrogen-bond acceptors (Lipinski definition) is 9. The van der Waals surface area contributed by atoms with E-state index >= 15 is 0 Å². The highest BCUT2D eigenvalue weighted by atomic mass is 16.7. The van der Waals surface area contributed by atoms with Crippen molar-refractivity contribution in [3.8, 4) is 11.5 Å². The molecule has 332 valence electrons. The number of carbonyl (C=O) groups excluding carboxylic acids is 1. The molecule has 1 amide bonds. The van der Waals surface area contributed by atoms with Gasteiger partial charge < -0.3 is 34.4 Å². The molecular formula is C50H74N2O8. The molecule has 2 aliphatic carbocycles. The second-order valence-electron chi connectivity index (χ2n) is 17.0. The van der Waals surface area contributed by atoms with Gasteiger partial charge in [0.25, 0.3) is 0 Å². The maximum absolute atomic E-state index is 14.5. The summed E-state index contributed by atoms with van der Waals surface area (Å²) >= 11 is 0. The van der Waals surface area contributed by atoms with Crippen LogP contribution in [0.2, 0.25) is 0 Å². The lowest BCUT2D eigenvalue weighted by molar-refractivity contribution is -0.255. The number of rotatable bonds is 28. The number of aromatic hydroxyl groups is 1. The van der Waals surface area contributed by atoms with Crippen LogP contribution in [-0.4, -0.2) is 76.8 Å². The average Bonchev–Trinajstić information content (AvgIpc) is 3.26. The van der Waals surface area contributed by atoms with E-state index in [0.717, 1.165) is 67.4 Å². The third-order valence-corrected chi connectivity index (χ3v) is 12.7. The lowest BCUT2D eigenvalue weighted by Gasteiger charge is -2.59. The van der Waals surface area contributed by atoms with Crippen molar-refractivity contribution in [3.63, 3.8) is 0 Å². The summed E-state index contributed by atoms with van der Waals surface area (Å²) in [4.78, 5) is 22.5. The minimum Gasteiger partial charge on any atom is -0.508 e. The lowest BCUT2D eigenvalue weighted by Crippen LogP contribution is -2.70. The first kappa shape index (κ1) is 47.2. The zero-order valence-corrected chi connectivity index (χ0v) is 36.6. The monoisotopic (exact) mass is 831 g/mol. The first-order valence-corrected chi connectivity index (χ1v) is 23.3. The molecule has 1 saturated carbocycles. The molecule has 10 heteroatoms. The van der Waals surface area contributed by atoms with Crippen LogP contribution in [-0.2, 0) is 20.9 Å². The van der Waals surface area contributed by atoms with E-state index in [4.69, 9.17) is 24.2 Å². The van der Waals surface area contributed by atoms with Crippen molar-refractivity contribution >= 4 is 11.8 Å². The molecule has 2 aromatic carbocycles. The lowest BCUT2D eigenvalue weighted by atomic mass is 9.55. The molecule has 1 fully saturated rings. The molecule has 5 rings (SSSR count). The Morgan fingerprint density at radius 3 is 2.28 bits per heavy atom. The number of carbonyl (C=O) groups is 1. The van der Waals surface area contributed by atoms with Crippen molar-refractivity contribution in [1.29, 1.82) is 0 Å². The van der Waals surface area contributed by atoms with Crippen molar-refractivity contribution in [2.75, 3.05) is 33.0 Å². The number of ether oxygens (including phenoxy) is 3. The smallest absolute Gasteiger partial charge is 0.410 e. The van der Waals surface area contributed by atoms with Crippen LogP contribution >= 0.6 is 0 Å². The summed E-state index contributed by atoms with van der Waals surface area (Å²) in [5.41, 5.74) is 3.58. The van der Waals surface area contributed by atoms with Crippen LogP contribution in [0.3, 0.4) is 0 Å². The summed E-state index contributed by atoms with van der Waals surface area (Å²) in [7, 11) is 0. The van der Waals surface area contributed by atoms with Crippen LogP contribution < -0.4 is 4.74 Å². The van der Waals surface area contributed by atoms with Crippen LogP contribution in [0.25, 0.3) is 0 Å². The maximum Gasteiger partial charge on any atom is 0.410 e. The zero-order chi connectivity index (χ0) is 42.6. The Balaban J connectivity index is 1.54. The summed E-state index contributed by atoms with van der Waals surface area (Å²) in [6, 6.07) is 14.6. The predicted octanol–water partition coefficient (Wildman–Crippen LogP) is 11.0. The number of benzene rings is 2. The Morgan fingerprint density at radius 1 is 0.900 bits per heavy atom. The number of oxime groups is 1. The van der Waals surface area contributed by atoms with Gasteiger partial charge >= 0.3 is 6.09 Å². The van der Waals surface area contributed by atoms with Gasteiger partial charge in [0.15, 0.2) is 0 Å². The molecule has 0 radical (unpaired) electrons. The second-order valence-corrected chi connectivity index (χ2v) is 17.0. The number of amides is 1. The standard InChI is InChI=1S/C50H74N2O8/c1-4-7-8-9-10-11-12-13-14-22-33-57-49(56)52(29-5-2)46-36-44(51-59-37-38-23-16-15-17-24-38)42-34-39(25-18-20-30-53)41(26-19-21-31-54)47-43-35-40(55)27-28-45(43)60-50(46,48(42)47)58-32-6-3/h6,15-17,23-24,27-28,34-35,39,41,46-48,53-55H,3-5,7-14,18-22,25-26,29-33,36-37H2,1-2H3/t39-,41+,46-,47+,48+,50+/m0/s1. The number of allylic oxidation sites excluding steroid dienone is 1. The van der Waals surface area contributed by atoms with E-state index in [-0.39, 0.29) is 49.9 Å². The van der Waals surface area contributed by atoms with E-state index in [9.17, 15) is 20.1 Å². The minimum absolute atomic E-state index is 0.0771. The van der Waals surface area contributed by atoms with Gasteiger partial charge in [-0.05, 0) is 79.7 Å². The Hall–Kier alpha value is -3.86. The molecule has 0 spiro atoms. The zero-order valence-electron chi connectivity index (χ0n) is 36.6. The number of aliphatic hydroxyl groups is 2. The molecule has 0 saturated heterocycles. The molecule has 0 aromatic heterocycles. The molecule has 1 aliphatic heterocycles. The molecule has 2 aromatic rings. The van der Waals surface area contributed by atoms with E-state index in [1.54, 1.807) is 17.0 Å². The maximum atomic E-state index is 14.5. The SMILES string of the molecule is C=CCO[C@@]12Oc3ccc(O)cc3[C@H]3[C@H](CCCCO)[C@@H](CCCCO)C=C(C(=NOCc4ccccc4)C[C@@H]1N(CCC)C(=O)OCCCCCCCCCCCC)[C@H]32. The Morgan fingerprint density at radius 2 is 1.60 bits per heavy atom. The third-order valence-electron chi connectivity index (χ3n) is 12.7. The topological polar surface area (TPSA) is 130 Å². The summed E-state index contributed by atoms with van der Waals surface area (Å²) in [6.45, 7) is 9.78. The van der Waals surface area contributed by atoms with Gasteiger partial charge in [0.2, 0.25) is 5.79 Å². The van der Waals surface area contributed by atoms with Gasteiger partial charge in [-0.2, -0.15) is 0 Å². The molecule has 3 aliphatic rings. The fourth-order valence-corrected chi connectivity index (χ4v) is 9.86. The van der Waals surface area contributed by atoms with E-state index in [2.05, 4.69) is 26.5 Å². The molecule has 0 unspecified atom stereocenters. The molecule has 60 heavy (non-hydrogen) atoms. The molecule has 1 heterocycles. The van der Waals surface area contributed by atoms with Crippen molar-refractivity contribution in [2.45, 2.75) is 154 Å². The van der Waals surface area contributed by atoms with Gasteiger partial charge in [-0.25, -0.2) is 4.79 Å². The van der Waals surface area contributed by atoms with Gasteiger partial charge in [-0.3, -0.25) is 4.90 Å². The molecule has 6 atom stereocenters. The first-order valence-electron chi connectivity index (χ1n) is 23.3. The Kier molecular flexibility index (Phi) is 19.8. The number of hydrogen-bond donors (Lipinski definition) is 3. The molecule has 3 N–H and O–H groups in total. The number of phenols is 1. The summed E-state index contributed by atoms with van der Waals surface area (Å²) in [5, 5.41) is 35.6. The summed E-state index contributed by atoms with van der Waals surface area (Å²) < 4.78 is 20.3. The first-order chi connectivity index (χ1) is 29.4. The van der Waals surface area contributed by atoms with E-state index in [1.807, 2.05) is 42.5 Å². The number of phenolic OH excluding ortho intramolecular Hbond substituents is 1. The van der Waals surface area contributed by atoms with Gasteiger partial charge in [0, 0.05) is 37.7 Å². The number of aliphatic hydroxyl groups excluding tert-OH is 2. The fourth-order valence-electron chi connectivity index (χ4n) is 9.86. The average molecular weight is 831 g/mol. The van der Waals surface area contributed by atoms with Crippen molar-refractivity contribution < 1.29 is 39.2 Å². The van der Waals surface area contributed by atoms with Crippen LogP contribution in [0, 0.1) is 17.8 Å². The highest BCUT2D eigenvalue weighted by Gasteiger charge is 2.65. The summed E-state index contributed by atoms with van der Waals surface area (Å²) in [6.07, 6.45) is 21.3. The van der Waals surface area contributed by atoms with Crippen LogP contribution in [0.4, 0.5) is 4.79 Å². The van der Waals surface area contributed by atoms with Crippen LogP contribution in [0.15, 0.2) is 78.0 Å². The highest BCUT2D eigenvalue weighted by Crippen LogP contribution is 2.62.